The second-order valence-electron chi connectivity index (χ2n) is 7.48. The molecule has 0 heterocycles. The summed E-state index contributed by atoms with van der Waals surface area (Å²) < 4.78 is 40.4. The third-order valence-corrected chi connectivity index (χ3v) is 5.56. The minimum atomic E-state index is -5.27. The molecule has 1 amide bonds. The molecule has 2 aromatic carbocycles. The molecule has 1 aliphatic carbocycles. The van der Waals surface area contributed by atoms with E-state index in [1.54, 1.807) is 24.3 Å². The fourth-order valence-corrected chi connectivity index (χ4v) is 3.97. The van der Waals surface area contributed by atoms with Crippen LogP contribution < -0.4 is 11.5 Å². The number of benzene rings is 2. The number of nitrogens with two attached hydrogens (primary N) is 2. The Morgan fingerprint density at radius 1 is 1.10 bits per heavy atom. The number of carbonyl (C=O) groups excluding carboxylic acids is 3. The summed E-state index contributed by atoms with van der Waals surface area (Å²) in [4.78, 5) is 35.0. The van der Waals surface area contributed by atoms with E-state index in [1.807, 2.05) is 24.3 Å². The van der Waals surface area contributed by atoms with E-state index < -0.39 is 35.5 Å². The highest BCUT2D eigenvalue weighted by atomic mass is 19.4. The average molecular weight is 434 g/mol. The number of primary amides is 1. The first-order chi connectivity index (χ1) is 14.6. The molecule has 2 atom stereocenters. The monoisotopic (exact) mass is 434 g/mol. The first-order valence-corrected chi connectivity index (χ1v) is 9.62. The van der Waals surface area contributed by atoms with E-state index in [0.29, 0.717) is 24.0 Å². The number of amides is 1. The number of hydrogen-bond donors (Lipinski definition) is 2. The van der Waals surface area contributed by atoms with Crippen LogP contribution in [0.1, 0.15) is 35.1 Å². The summed E-state index contributed by atoms with van der Waals surface area (Å²) in [6.45, 7) is 0. The van der Waals surface area contributed by atoms with Crippen molar-refractivity contribution >= 4 is 17.8 Å². The van der Waals surface area contributed by atoms with Gasteiger partial charge in [0, 0.05) is 0 Å². The Balaban J connectivity index is 1.76. The highest BCUT2D eigenvalue weighted by Crippen LogP contribution is 2.44. The zero-order valence-electron chi connectivity index (χ0n) is 16.4. The fraction of sp³-hybridized carbons (Fsp3) is 0.318. The predicted molar refractivity (Wildman–Crippen MR) is 105 cm³/mol. The first kappa shape index (κ1) is 22.5. The summed E-state index contributed by atoms with van der Waals surface area (Å²) >= 11 is 0. The van der Waals surface area contributed by atoms with Gasteiger partial charge in [-0.05, 0) is 47.9 Å². The Kier molecular flexibility index (Phi) is 6.17. The van der Waals surface area contributed by atoms with Crippen LogP contribution in [0.4, 0.5) is 13.2 Å². The van der Waals surface area contributed by atoms with Crippen molar-refractivity contribution in [1.82, 2.24) is 0 Å². The van der Waals surface area contributed by atoms with Crippen LogP contribution in [-0.4, -0.2) is 30.1 Å². The van der Waals surface area contributed by atoms with E-state index >= 15 is 0 Å². The molecule has 9 heteroatoms. The first-order valence-electron chi connectivity index (χ1n) is 9.62. The maximum absolute atomic E-state index is 12.6. The standard InChI is InChI=1S/C22H21F3N2O4/c23-22(24,25)20(30)31-18(28)17(26)9-8-13-4-3-6-15(12-13)21(19(27)29)11-10-14-5-1-2-7-16(14)21/h1-7,12,17H,8-11,26H2,(H2,27,29)/t17-,21?/m0/s1. The van der Waals surface area contributed by atoms with E-state index in [4.69, 9.17) is 11.5 Å². The van der Waals surface area contributed by atoms with Crippen molar-refractivity contribution in [3.8, 4) is 0 Å². The van der Waals surface area contributed by atoms with E-state index in [2.05, 4.69) is 4.74 Å². The molecule has 0 fully saturated rings. The summed E-state index contributed by atoms with van der Waals surface area (Å²) in [5, 5.41) is 0. The van der Waals surface area contributed by atoms with Crippen molar-refractivity contribution in [3.05, 3.63) is 70.8 Å². The lowest BCUT2D eigenvalue weighted by atomic mass is 9.74. The highest BCUT2D eigenvalue weighted by Gasteiger charge is 2.45. The van der Waals surface area contributed by atoms with Gasteiger partial charge >= 0.3 is 18.1 Å². The Labute approximate surface area is 176 Å². The largest absolute Gasteiger partial charge is 0.491 e. The van der Waals surface area contributed by atoms with Gasteiger partial charge in [-0.25, -0.2) is 9.59 Å². The number of esters is 2. The second kappa shape index (κ2) is 8.50. The van der Waals surface area contributed by atoms with Crippen LogP contribution in [0.15, 0.2) is 48.5 Å². The number of rotatable bonds is 6. The fourth-order valence-electron chi connectivity index (χ4n) is 3.97. The maximum atomic E-state index is 12.6. The second-order valence-corrected chi connectivity index (χ2v) is 7.48. The topological polar surface area (TPSA) is 112 Å². The molecular formula is C22H21F3N2O4. The van der Waals surface area contributed by atoms with Gasteiger partial charge in [0.2, 0.25) is 5.91 Å². The van der Waals surface area contributed by atoms with Crippen LogP contribution in [0.5, 0.6) is 0 Å². The van der Waals surface area contributed by atoms with Crippen molar-refractivity contribution in [3.63, 3.8) is 0 Å². The van der Waals surface area contributed by atoms with Crippen LogP contribution in [0, 0.1) is 0 Å². The molecule has 31 heavy (non-hydrogen) atoms. The summed E-state index contributed by atoms with van der Waals surface area (Å²) in [6.07, 6.45) is -3.87. The van der Waals surface area contributed by atoms with Crippen molar-refractivity contribution in [2.75, 3.05) is 0 Å². The number of ether oxygens (including phenoxy) is 1. The molecule has 4 N–H and O–H groups in total. The molecule has 0 spiro atoms. The zero-order valence-corrected chi connectivity index (χ0v) is 16.4. The zero-order chi connectivity index (χ0) is 22.8. The van der Waals surface area contributed by atoms with Gasteiger partial charge in [0.25, 0.3) is 0 Å². The molecule has 2 aromatic rings. The molecule has 1 unspecified atom stereocenters. The normalized spacial score (nSPS) is 18.8. The Morgan fingerprint density at radius 2 is 1.81 bits per heavy atom. The molecule has 0 saturated carbocycles. The summed E-state index contributed by atoms with van der Waals surface area (Å²) in [5.41, 5.74) is 13.8. The van der Waals surface area contributed by atoms with Gasteiger partial charge in [0.05, 0.1) is 5.41 Å². The molecule has 0 bridgehead atoms. The van der Waals surface area contributed by atoms with E-state index in [-0.39, 0.29) is 12.8 Å². The van der Waals surface area contributed by atoms with E-state index in [0.717, 1.165) is 11.1 Å². The van der Waals surface area contributed by atoms with Crippen LogP contribution >= 0.6 is 0 Å². The van der Waals surface area contributed by atoms with Gasteiger partial charge in [-0.1, -0.05) is 48.5 Å². The minimum Gasteiger partial charge on any atom is -0.385 e. The molecule has 6 nitrogen and oxygen atoms in total. The quantitative estimate of drug-likeness (QED) is 0.535. The lowest BCUT2D eigenvalue weighted by Crippen LogP contribution is -2.40. The number of hydrogen-bond acceptors (Lipinski definition) is 5. The minimum absolute atomic E-state index is 0.0480. The van der Waals surface area contributed by atoms with Crippen molar-refractivity contribution in [2.45, 2.75) is 43.3 Å². The van der Waals surface area contributed by atoms with Gasteiger partial charge in [-0.3, -0.25) is 4.79 Å². The third-order valence-electron chi connectivity index (χ3n) is 5.56. The smallest absolute Gasteiger partial charge is 0.385 e. The van der Waals surface area contributed by atoms with Crippen molar-refractivity contribution in [2.24, 2.45) is 11.5 Å². The van der Waals surface area contributed by atoms with Gasteiger partial charge in [0.1, 0.15) is 6.04 Å². The lowest BCUT2D eigenvalue weighted by molar-refractivity contribution is -0.202. The van der Waals surface area contributed by atoms with Gasteiger partial charge in [0.15, 0.2) is 0 Å². The number of aryl methyl sites for hydroxylation is 2. The molecular weight excluding hydrogens is 413 g/mol. The van der Waals surface area contributed by atoms with Gasteiger partial charge < -0.3 is 16.2 Å². The molecule has 1 aliphatic rings. The summed E-state index contributed by atoms with van der Waals surface area (Å²) in [6, 6.07) is 13.2. The van der Waals surface area contributed by atoms with Crippen LogP contribution in [-0.2, 0) is 37.4 Å². The molecule has 0 radical (unpaired) electrons. The Hall–Kier alpha value is -3.20. The summed E-state index contributed by atoms with van der Waals surface area (Å²) in [7, 11) is 0. The molecule has 3 rings (SSSR count). The molecule has 164 valence electrons. The van der Waals surface area contributed by atoms with Crippen LogP contribution in [0.2, 0.25) is 0 Å². The molecule has 0 aliphatic heterocycles. The molecule has 0 aromatic heterocycles. The summed E-state index contributed by atoms with van der Waals surface area (Å²) in [5.74, 6) is -4.52. The van der Waals surface area contributed by atoms with Gasteiger partial charge in [-0.2, -0.15) is 13.2 Å². The lowest BCUT2D eigenvalue weighted by Gasteiger charge is -2.28. The number of halogens is 3. The number of alkyl halides is 3. The van der Waals surface area contributed by atoms with Gasteiger partial charge in [-0.15, -0.1) is 0 Å². The van der Waals surface area contributed by atoms with Crippen LogP contribution in [0.25, 0.3) is 0 Å². The van der Waals surface area contributed by atoms with Crippen molar-refractivity contribution < 1.29 is 32.3 Å². The average Bonchev–Trinajstić information content (AvgIpc) is 3.12. The third kappa shape index (κ3) is 4.46. The maximum Gasteiger partial charge on any atom is 0.491 e. The predicted octanol–water partition coefficient (Wildman–Crippen LogP) is 2.30. The molecule has 0 saturated heterocycles. The SMILES string of the molecule is NC(=O)C1(c2cccc(CC[C@H](N)C(=O)OC(=O)C(F)(F)F)c2)CCc2ccccc21. The van der Waals surface area contributed by atoms with E-state index in [9.17, 15) is 27.6 Å². The van der Waals surface area contributed by atoms with Crippen molar-refractivity contribution in [1.29, 1.82) is 0 Å². The Bertz CT molecular complexity index is 1020. The van der Waals surface area contributed by atoms with E-state index in [1.165, 1.54) is 0 Å². The van der Waals surface area contributed by atoms with Crippen LogP contribution in [0.3, 0.4) is 0 Å². The Morgan fingerprint density at radius 3 is 2.48 bits per heavy atom. The number of carbonyl (C=O) groups is 3. The highest BCUT2D eigenvalue weighted by molar-refractivity contribution is 5.92. The number of fused-ring (bicyclic) bond motifs is 1.